The lowest BCUT2D eigenvalue weighted by molar-refractivity contribution is 0.127. The summed E-state index contributed by atoms with van der Waals surface area (Å²) in [5.74, 6) is 0.832. The zero-order valence-electron chi connectivity index (χ0n) is 13.9. The van der Waals surface area contributed by atoms with E-state index in [1.807, 2.05) is 0 Å². The van der Waals surface area contributed by atoms with E-state index in [1.165, 1.54) is 0 Å². The SMILES string of the molecule is CN=C(NCCC(C)(C)C)NCC1(CCO)CCOC1.I. The Kier molecular flexibility index (Phi) is 9.80. The van der Waals surface area contributed by atoms with Crippen molar-refractivity contribution in [2.75, 3.05) is 40.0 Å². The van der Waals surface area contributed by atoms with Crippen LogP contribution in [0.2, 0.25) is 0 Å². The Morgan fingerprint density at radius 2 is 2.05 bits per heavy atom. The monoisotopic (exact) mass is 413 g/mol. The Hall–Kier alpha value is -0.0800. The predicted octanol–water partition coefficient (Wildman–Crippen LogP) is 1.99. The Morgan fingerprint density at radius 1 is 1.33 bits per heavy atom. The van der Waals surface area contributed by atoms with Crippen molar-refractivity contribution in [1.29, 1.82) is 0 Å². The lowest BCUT2D eigenvalue weighted by Crippen LogP contribution is -2.45. The van der Waals surface area contributed by atoms with Crippen LogP contribution in [0.5, 0.6) is 0 Å². The second-order valence-corrected chi connectivity index (χ2v) is 6.94. The Morgan fingerprint density at radius 3 is 2.52 bits per heavy atom. The molecule has 0 bridgehead atoms. The van der Waals surface area contributed by atoms with E-state index in [4.69, 9.17) is 4.74 Å². The van der Waals surface area contributed by atoms with Crippen LogP contribution < -0.4 is 10.6 Å². The van der Waals surface area contributed by atoms with Crippen LogP contribution in [0.1, 0.15) is 40.0 Å². The van der Waals surface area contributed by atoms with E-state index in [1.54, 1.807) is 7.05 Å². The molecule has 126 valence electrons. The van der Waals surface area contributed by atoms with E-state index in [0.717, 1.165) is 51.5 Å². The summed E-state index contributed by atoms with van der Waals surface area (Å²) in [5, 5.41) is 15.9. The summed E-state index contributed by atoms with van der Waals surface area (Å²) in [6, 6.07) is 0. The van der Waals surface area contributed by atoms with Gasteiger partial charge in [0.05, 0.1) is 6.61 Å². The van der Waals surface area contributed by atoms with Crippen LogP contribution in [0.25, 0.3) is 0 Å². The van der Waals surface area contributed by atoms with Gasteiger partial charge in [0.25, 0.3) is 0 Å². The number of ether oxygens (including phenoxy) is 1. The molecular formula is C15H32IN3O2. The quantitative estimate of drug-likeness (QED) is 0.354. The van der Waals surface area contributed by atoms with Crippen molar-refractivity contribution < 1.29 is 9.84 Å². The molecule has 0 aromatic carbocycles. The second kappa shape index (κ2) is 9.84. The highest BCUT2D eigenvalue weighted by atomic mass is 127. The van der Waals surface area contributed by atoms with Crippen LogP contribution in [-0.4, -0.2) is 51.0 Å². The molecule has 0 amide bonds. The topological polar surface area (TPSA) is 65.9 Å². The molecule has 1 aliphatic rings. The summed E-state index contributed by atoms with van der Waals surface area (Å²) >= 11 is 0. The largest absolute Gasteiger partial charge is 0.396 e. The van der Waals surface area contributed by atoms with Gasteiger partial charge in [-0.25, -0.2) is 0 Å². The molecule has 21 heavy (non-hydrogen) atoms. The molecule has 0 aliphatic carbocycles. The van der Waals surface area contributed by atoms with E-state index < -0.39 is 0 Å². The number of rotatable bonds is 6. The Balaban J connectivity index is 0.00000400. The predicted molar refractivity (Wildman–Crippen MR) is 98.4 cm³/mol. The standard InChI is InChI=1S/C15H31N3O2.HI/c1-14(2,3)5-8-17-13(16-4)18-11-15(6-9-19)7-10-20-12-15;/h19H,5-12H2,1-4H3,(H2,16,17,18);1H. The number of aliphatic hydroxyl groups excluding tert-OH is 1. The first-order valence-electron chi connectivity index (χ1n) is 7.54. The maximum atomic E-state index is 9.22. The van der Waals surface area contributed by atoms with Gasteiger partial charge < -0.3 is 20.5 Å². The third-order valence-electron chi connectivity index (χ3n) is 3.85. The van der Waals surface area contributed by atoms with Crippen molar-refractivity contribution in [2.45, 2.75) is 40.0 Å². The fourth-order valence-corrected chi connectivity index (χ4v) is 2.36. The zero-order valence-corrected chi connectivity index (χ0v) is 16.2. The number of aliphatic imine (C=N–C) groups is 1. The third-order valence-corrected chi connectivity index (χ3v) is 3.85. The van der Waals surface area contributed by atoms with Crippen molar-refractivity contribution in [1.82, 2.24) is 10.6 Å². The van der Waals surface area contributed by atoms with Crippen molar-refractivity contribution in [3.63, 3.8) is 0 Å². The van der Waals surface area contributed by atoms with Crippen LogP contribution in [0, 0.1) is 10.8 Å². The molecule has 1 aliphatic heterocycles. The molecule has 1 unspecified atom stereocenters. The number of aliphatic hydroxyl groups is 1. The summed E-state index contributed by atoms with van der Waals surface area (Å²) in [4.78, 5) is 4.25. The molecule has 0 aromatic rings. The summed E-state index contributed by atoms with van der Waals surface area (Å²) in [6.45, 7) is 10.1. The van der Waals surface area contributed by atoms with E-state index in [9.17, 15) is 5.11 Å². The van der Waals surface area contributed by atoms with Crippen molar-refractivity contribution >= 4 is 29.9 Å². The van der Waals surface area contributed by atoms with Gasteiger partial charge >= 0.3 is 0 Å². The van der Waals surface area contributed by atoms with Gasteiger partial charge in [0.1, 0.15) is 0 Å². The van der Waals surface area contributed by atoms with Crippen molar-refractivity contribution in [3.8, 4) is 0 Å². The molecule has 0 aromatic heterocycles. The van der Waals surface area contributed by atoms with Gasteiger partial charge in [-0.3, -0.25) is 4.99 Å². The van der Waals surface area contributed by atoms with Gasteiger partial charge in [-0.2, -0.15) is 0 Å². The minimum Gasteiger partial charge on any atom is -0.396 e. The molecule has 5 nitrogen and oxygen atoms in total. The van der Waals surface area contributed by atoms with Gasteiger partial charge in [0, 0.05) is 38.8 Å². The molecule has 0 saturated carbocycles. The molecular weight excluding hydrogens is 381 g/mol. The zero-order chi connectivity index (χ0) is 15.1. The van der Waals surface area contributed by atoms with Gasteiger partial charge in [-0.15, -0.1) is 24.0 Å². The lowest BCUT2D eigenvalue weighted by Gasteiger charge is -2.28. The first-order valence-corrected chi connectivity index (χ1v) is 7.54. The first-order chi connectivity index (χ1) is 9.41. The van der Waals surface area contributed by atoms with Crippen LogP contribution in [-0.2, 0) is 4.74 Å². The van der Waals surface area contributed by atoms with Gasteiger partial charge in [0.2, 0.25) is 0 Å². The molecule has 1 fully saturated rings. The summed E-state index contributed by atoms with van der Waals surface area (Å²) in [5.41, 5.74) is 0.375. The Bertz CT molecular complexity index is 311. The van der Waals surface area contributed by atoms with Gasteiger partial charge in [-0.1, -0.05) is 20.8 Å². The van der Waals surface area contributed by atoms with E-state index in [0.29, 0.717) is 5.41 Å². The smallest absolute Gasteiger partial charge is 0.190 e. The van der Waals surface area contributed by atoms with Gasteiger partial charge in [0.15, 0.2) is 5.96 Å². The molecule has 6 heteroatoms. The lowest BCUT2D eigenvalue weighted by atomic mass is 9.84. The number of hydrogen-bond donors (Lipinski definition) is 3. The Labute approximate surface area is 146 Å². The maximum Gasteiger partial charge on any atom is 0.190 e. The average molecular weight is 413 g/mol. The highest BCUT2D eigenvalue weighted by molar-refractivity contribution is 14.0. The second-order valence-electron chi connectivity index (χ2n) is 6.94. The average Bonchev–Trinajstić information content (AvgIpc) is 2.81. The minimum atomic E-state index is 0. The molecule has 1 saturated heterocycles. The van der Waals surface area contributed by atoms with Crippen LogP contribution in [0.15, 0.2) is 4.99 Å². The van der Waals surface area contributed by atoms with Crippen LogP contribution in [0.3, 0.4) is 0 Å². The fourth-order valence-electron chi connectivity index (χ4n) is 2.36. The van der Waals surface area contributed by atoms with E-state index in [2.05, 4.69) is 36.4 Å². The van der Waals surface area contributed by atoms with Crippen molar-refractivity contribution in [3.05, 3.63) is 0 Å². The number of nitrogens with one attached hydrogen (secondary N) is 2. The fraction of sp³-hybridized carbons (Fsp3) is 0.933. The minimum absolute atomic E-state index is 0. The molecule has 1 atom stereocenters. The van der Waals surface area contributed by atoms with Crippen LogP contribution in [0.4, 0.5) is 0 Å². The summed E-state index contributed by atoms with van der Waals surface area (Å²) < 4.78 is 5.49. The number of guanidine groups is 1. The first kappa shape index (κ1) is 20.9. The molecule has 3 N–H and O–H groups in total. The maximum absolute atomic E-state index is 9.22. The van der Waals surface area contributed by atoms with E-state index in [-0.39, 0.29) is 36.0 Å². The molecule has 1 rings (SSSR count). The summed E-state index contributed by atoms with van der Waals surface area (Å²) in [6.07, 6.45) is 2.87. The molecule has 1 heterocycles. The highest BCUT2D eigenvalue weighted by Gasteiger charge is 2.34. The number of hydrogen-bond acceptors (Lipinski definition) is 3. The number of halogens is 1. The normalized spacial score (nSPS) is 22.8. The van der Waals surface area contributed by atoms with E-state index >= 15 is 0 Å². The van der Waals surface area contributed by atoms with Gasteiger partial charge in [-0.05, 0) is 24.7 Å². The summed E-state index contributed by atoms with van der Waals surface area (Å²) in [7, 11) is 1.79. The molecule has 0 spiro atoms. The number of nitrogens with zero attached hydrogens (tertiary/aromatic N) is 1. The third kappa shape index (κ3) is 8.21. The van der Waals surface area contributed by atoms with Crippen LogP contribution >= 0.6 is 24.0 Å². The van der Waals surface area contributed by atoms with Crippen molar-refractivity contribution in [2.24, 2.45) is 15.8 Å². The highest BCUT2D eigenvalue weighted by Crippen LogP contribution is 2.31. The molecule has 0 radical (unpaired) electrons.